The number of carbonyl (C=O) groups excluding carboxylic acids is 1. The summed E-state index contributed by atoms with van der Waals surface area (Å²) in [6.07, 6.45) is 3.83. The number of benzene rings is 1. The highest BCUT2D eigenvalue weighted by Gasteiger charge is 2.48. The lowest BCUT2D eigenvalue weighted by Gasteiger charge is -2.48. The van der Waals surface area contributed by atoms with Crippen molar-refractivity contribution in [3.8, 4) is 0 Å². The molecule has 28 heavy (non-hydrogen) atoms. The monoisotopic (exact) mass is 389 g/mol. The molecule has 0 bridgehead atoms. The zero-order valence-corrected chi connectivity index (χ0v) is 18.2. The molecule has 1 aliphatic rings. The number of hydrogen-bond acceptors (Lipinski definition) is 5. The van der Waals surface area contributed by atoms with Crippen LogP contribution >= 0.6 is 0 Å². The van der Waals surface area contributed by atoms with Crippen molar-refractivity contribution in [3.05, 3.63) is 35.4 Å². The van der Waals surface area contributed by atoms with Crippen LogP contribution in [0, 0.1) is 17.8 Å². The number of nitrogens with zero attached hydrogens (tertiary/aromatic N) is 1. The lowest BCUT2D eigenvalue weighted by molar-refractivity contribution is -0.143. The number of hydrazine groups is 1. The maximum atomic E-state index is 13.1. The average molecular weight is 390 g/mol. The van der Waals surface area contributed by atoms with E-state index in [1.807, 2.05) is 31.2 Å². The largest absolute Gasteiger partial charge is 0.317 e. The predicted octanol–water partition coefficient (Wildman–Crippen LogP) is 2.39. The minimum atomic E-state index is -0.898. The Morgan fingerprint density at radius 3 is 2.21 bits per heavy atom. The van der Waals surface area contributed by atoms with Crippen molar-refractivity contribution in [1.82, 2.24) is 10.3 Å². The van der Waals surface area contributed by atoms with Crippen LogP contribution < -0.4 is 22.6 Å². The van der Waals surface area contributed by atoms with Crippen LogP contribution in [0.15, 0.2) is 24.3 Å². The molecule has 1 aliphatic carbocycles. The zero-order valence-electron chi connectivity index (χ0n) is 18.2. The van der Waals surface area contributed by atoms with Crippen LogP contribution in [-0.2, 0) is 11.3 Å². The first-order chi connectivity index (χ1) is 13.0. The van der Waals surface area contributed by atoms with Gasteiger partial charge in [0, 0.05) is 6.54 Å². The molecule has 3 atom stereocenters. The van der Waals surface area contributed by atoms with Gasteiger partial charge in [0.15, 0.2) is 0 Å². The number of amides is 1. The second kappa shape index (κ2) is 8.91. The van der Waals surface area contributed by atoms with Crippen molar-refractivity contribution < 1.29 is 4.79 Å². The molecule has 1 saturated carbocycles. The molecule has 6 heteroatoms. The molecule has 0 aliphatic heterocycles. The molecule has 1 amide bonds. The van der Waals surface area contributed by atoms with E-state index in [1.54, 1.807) is 0 Å². The molecular formula is C22H39N5O. The van der Waals surface area contributed by atoms with E-state index < -0.39 is 12.2 Å². The van der Waals surface area contributed by atoms with Gasteiger partial charge in [-0.1, -0.05) is 70.4 Å². The molecule has 2 rings (SSSR count). The standard InChI is InChI=1S/C22H39N5O/c1-15-8-10-16(11-9-15)14-26-18(24)17(23)19(28)27(25)20(21(2,3)4)22(5)12-6-7-13-22/h8-11,17-18,20,26H,6-7,12-14,23-25H2,1-5H3. The van der Waals surface area contributed by atoms with Crippen molar-refractivity contribution >= 4 is 5.91 Å². The summed E-state index contributed by atoms with van der Waals surface area (Å²) in [6.45, 7) is 11.2. The summed E-state index contributed by atoms with van der Waals surface area (Å²) in [5.41, 5.74) is 14.6. The van der Waals surface area contributed by atoms with Crippen LogP contribution in [0.2, 0.25) is 0 Å². The van der Waals surface area contributed by atoms with E-state index in [9.17, 15) is 4.79 Å². The van der Waals surface area contributed by atoms with Crippen LogP contribution in [-0.4, -0.2) is 29.2 Å². The van der Waals surface area contributed by atoms with E-state index >= 15 is 0 Å². The minimum absolute atomic E-state index is 0.00179. The Morgan fingerprint density at radius 1 is 1.18 bits per heavy atom. The number of aryl methyl sites for hydroxylation is 1. The molecule has 1 aromatic rings. The maximum absolute atomic E-state index is 13.1. The molecule has 1 aromatic carbocycles. The highest BCUT2D eigenvalue weighted by atomic mass is 16.2. The number of hydrogen-bond donors (Lipinski definition) is 4. The first-order valence-electron chi connectivity index (χ1n) is 10.3. The molecule has 0 radical (unpaired) electrons. The number of nitrogens with two attached hydrogens (primary N) is 3. The second-order valence-electron chi connectivity index (χ2n) is 9.79. The summed E-state index contributed by atoms with van der Waals surface area (Å²) in [6, 6.07) is 7.18. The van der Waals surface area contributed by atoms with Crippen LogP contribution in [0.3, 0.4) is 0 Å². The van der Waals surface area contributed by atoms with Gasteiger partial charge in [0.2, 0.25) is 0 Å². The van der Waals surface area contributed by atoms with Crippen LogP contribution in [0.5, 0.6) is 0 Å². The highest BCUT2D eigenvalue weighted by molar-refractivity contribution is 5.82. The van der Waals surface area contributed by atoms with E-state index in [2.05, 4.69) is 33.0 Å². The van der Waals surface area contributed by atoms with Gasteiger partial charge >= 0.3 is 0 Å². The highest BCUT2D eigenvalue weighted by Crippen LogP contribution is 2.47. The third-order valence-electron chi connectivity index (χ3n) is 6.09. The molecule has 0 aromatic heterocycles. The van der Waals surface area contributed by atoms with Gasteiger partial charge in [-0.25, -0.2) is 5.84 Å². The summed E-state index contributed by atoms with van der Waals surface area (Å²) in [5, 5.41) is 4.54. The normalized spacial score (nSPS) is 19.9. The predicted molar refractivity (Wildman–Crippen MR) is 115 cm³/mol. The maximum Gasteiger partial charge on any atom is 0.256 e. The Kier molecular flexibility index (Phi) is 7.26. The first kappa shape index (κ1) is 22.8. The van der Waals surface area contributed by atoms with Crippen molar-refractivity contribution in [2.75, 3.05) is 0 Å². The van der Waals surface area contributed by atoms with E-state index in [4.69, 9.17) is 17.3 Å². The fourth-order valence-electron chi connectivity index (χ4n) is 4.78. The summed E-state index contributed by atoms with van der Waals surface area (Å²) >= 11 is 0. The molecule has 0 heterocycles. The Balaban J connectivity index is 2.05. The Hall–Kier alpha value is -1.47. The number of rotatable bonds is 7. The lowest BCUT2D eigenvalue weighted by Crippen LogP contribution is -2.65. The van der Waals surface area contributed by atoms with Crippen molar-refractivity contribution in [2.24, 2.45) is 28.1 Å². The third-order valence-corrected chi connectivity index (χ3v) is 6.09. The fourth-order valence-corrected chi connectivity index (χ4v) is 4.78. The van der Waals surface area contributed by atoms with Gasteiger partial charge in [-0.2, -0.15) is 0 Å². The van der Waals surface area contributed by atoms with Gasteiger partial charge in [-0.3, -0.25) is 15.1 Å². The Bertz CT molecular complexity index is 646. The molecular weight excluding hydrogens is 350 g/mol. The van der Waals surface area contributed by atoms with Crippen LogP contribution in [0.1, 0.15) is 64.5 Å². The van der Waals surface area contributed by atoms with Gasteiger partial charge in [-0.05, 0) is 36.2 Å². The molecule has 6 nitrogen and oxygen atoms in total. The first-order valence-corrected chi connectivity index (χ1v) is 10.3. The summed E-state index contributed by atoms with van der Waals surface area (Å²) in [5.74, 6) is 6.09. The summed E-state index contributed by atoms with van der Waals surface area (Å²) in [7, 11) is 0. The van der Waals surface area contributed by atoms with E-state index in [1.165, 1.54) is 23.4 Å². The van der Waals surface area contributed by atoms with Gasteiger partial charge in [0.25, 0.3) is 5.91 Å². The van der Waals surface area contributed by atoms with Crippen LogP contribution in [0.4, 0.5) is 0 Å². The average Bonchev–Trinajstić information content (AvgIpc) is 3.05. The Labute approximate surface area is 170 Å². The SMILES string of the molecule is Cc1ccc(CNC(N)C(N)C(=O)N(N)C(C(C)(C)C)C2(C)CCCC2)cc1. The summed E-state index contributed by atoms with van der Waals surface area (Å²) < 4.78 is 0. The minimum Gasteiger partial charge on any atom is -0.317 e. The van der Waals surface area contributed by atoms with Gasteiger partial charge < -0.3 is 11.5 Å². The molecule has 1 fully saturated rings. The number of carbonyl (C=O) groups is 1. The van der Waals surface area contributed by atoms with E-state index in [0.717, 1.165) is 18.4 Å². The zero-order chi connectivity index (χ0) is 21.1. The molecule has 0 spiro atoms. The molecule has 0 saturated heterocycles. The summed E-state index contributed by atoms with van der Waals surface area (Å²) in [4.78, 5) is 13.1. The van der Waals surface area contributed by atoms with E-state index in [-0.39, 0.29) is 22.8 Å². The Morgan fingerprint density at radius 2 is 1.71 bits per heavy atom. The van der Waals surface area contributed by atoms with Gasteiger partial charge in [-0.15, -0.1) is 0 Å². The smallest absolute Gasteiger partial charge is 0.256 e. The van der Waals surface area contributed by atoms with Crippen molar-refractivity contribution in [1.29, 1.82) is 0 Å². The second-order valence-corrected chi connectivity index (χ2v) is 9.79. The van der Waals surface area contributed by atoms with Gasteiger partial charge in [0.1, 0.15) is 6.04 Å². The topological polar surface area (TPSA) is 110 Å². The van der Waals surface area contributed by atoms with Crippen molar-refractivity contribution in [2.45, 2.75) is 85.1 Å². The van der Waals surface area contributed by atoms with E-state index in [0.29, 0.717) is 6.54 Å². The molecule has 3 unspecified atom stereocenters. The molecule has 158 valence electrons. The van der Waals surface area contributed by atoms with Crippen molar-refractivity contribution in [3.63, 3.8) is 0 Å². The quantitative estimate of drug-likeness (QED) is 0.248. The fraction of sp³-hybridized carbons (Fsp3) is 0.682. The lowest BCUT2D eigenvalue weighted by atomic mass is 9.68. The van der Waals surface area contributed by atoms with Crippen LogP contribution in [0.25, 0.3) is 0 Å². The van der Waals surface area contributed by atoms with Gasteiger partial charge in [0.05, 0.1) is 12.2 Å². The number of nitrogens with one attached hydrogen (secondary N) is 1. The molecule has 7 N–H and O–H groups in total. The third kappa shape index (κ3) is 5.32.